The molecule has 0 spiro atoms. The van der Waals surface area contributed by atoms with Crippen LogP contribution in [0, 0.1) is 13.8 Å². The number of hydrogen-bond acceptors (Lipinski definition) is 4. The second-order valence-electron chi connectivity index (χ2n) is 5.49. The van der Waals surface area contributed by atoms with Crippen LogP contribution in [0.5, 0.6) is 0 Å². The number of aryl methyl sites for hydroxylation is 2. The Hall–Kier alpha value is -2.18. The Labute approximate surface area is 135 Å². The first kappa shape index (κ1) is 15.7. The van der Waals surface area contributed by atoms with E-state index in [0.717, 1.165) is 16.6 Å². The summed E-state index contributed by atoms with van der Waals surface area (Å²) < 4.78 is 32.9. The molecule has 1 aromatic heterocycles. The Morgan fingerprint density at radius 2 is 1.91 bits per heavy atom. The van der Waals surface area contributed by atoms with Crippen LogP contribution < -0.4 is 4.72 Å². The summed E-state index contributed by atoms with van der Waals surface area (Å²) in [6, 6.07) is 12.7. The van der Waals surface area contributed by atoms with Crippen LogP contribution in [-0.4, -0.2) is 19.9 Å². The van der Waals surface area contributed by atoms with Crippen molar-refractivity contribution in [2.45, 2.75) is 25.2 Å². The highest BCUT2D eigenvalue weighted by atomic mass is 32.2. The number of para-hydroxylation sites is 2. The van der Waals surface area contributed by atoms with Gasteiger partial charge in [0.2, 0.25) is 10.0 Å². The van der Waals surface area contributed by atoms with Crippen LogP contribution in [0.1, 0.15) is 17.0 Å². The molecule has 0 unspecified atom stereocenters. The molecule has 0 aliphatic carbocycles. The molecule has 0 atom stereocenters. The molecule has 6 heteroatoms. The third kappa shape index (κ3) is 3.43. The standard InChI is InChI=1S/C17H18N2O3S/c1-12-7-8-16(13(2)11-12)23(20,21)18-10-9-17-19-14-5-3-4-6-15(14)22-17/h3-8,11,18H,9-10H2,1-2H3. The Morgan fingerprint density at radius 3 is 2.65 bits per heavy atom. The lowest BCUT2D eigenvalue weighted by Crippen LogP contribution is -2.26. The van der Waals surface area contributed by atoms with Gasteiger partial charge in [-0.2, -0.15) is 0 Å². The Bertz CT molecular complexity index is 912. The quantitative estimate of drug-likeness (QED) is 0.780. The second kappa shape index (κ2) is 6.14. The largest absolute Gasteiger partial charge is 0.441 e. The van der Waals surface area contributed by atoms with Gasteiger partial charge in [0, 0.05) is 13.0 Å². The minimum absolute atomic E-state index is 0.239. The van der Waals surface area contributed by atoms with Gasteiger partial charge in [0.1, 0.15) is 5.52 Å². The smallest absolute Gasteiger partial charge is 0.240 e. The van der Waals surface area contributed by atoms with Crippen molar-refractivity contribution in [3.05, 3.63) is 59.5 Å². The van der Waals surface area contributed by atoms with E-state index < -0.39 is 10.0 Å². The van der Waals surface area contributed by atoms with E-state index in [-0.39, 0.29) is 6.54 Å². The summed E-state index contributed by atoms with van der Waals surface area (Å²) in [5.74, 6) is 0.523. The molecule has 0 fully saturated rings. The van der Waals surface area contributed by atoms with E-state index >= 15 is 0 Å². The number of oxazole rings is 1. The Balaban J connectivity index is 1.69. The summed E-state index contributed by atoms with van der Waals surface area (Å²) in [6.07, 6.45) is 0.402. The molecule has 5 nitrogen and oxygen atoms in total. The fourth-order valence-corrected chi connectivity index (χ4v) is 3.75. The van der Waals surface area contributed by atoms with E-state index in [1.54, 1.807) is 19.1 Å². The lowest BCUT2D eigenvalue weighted by molar-refractivity contribution is 0.523. The Kier molecular flexibility index (Phi) is 4.19. The predicted molar refractivity (Wildman–Crippen MR) is 88.8 cm³/mol. The van der Waals surface area contributed by atoms with E-state index in [0.29, 0.717) is 22.8 Å². The summed E-state index contributed by atoms with van der Waals surface area (Å²) in [5, 5.41) is 0. The normalized spacial score (nSPS) is 11.9. The zero-order valence-corrected chi connectivity index (χ0v) is 13.9. The van der Waals surface area contributed by atoms with Crippen molar-refractivity contribution < 1.29 is 12.8 Å². The molecule has 0 amide bonds. The average Bonchev–Trinajstić information content (AvgIpc) is 2.89. The molecular weight excluding hydrogens is 312 g/mol. The molecule has 0 saturated carbocycles. The van der Waals surface area contributed by atoms with E-state index in [4.69, 9.17) is 4.42 Å². The Morgan fingerprint density at radius 1 is 1.13 bits per heavy atom. The molecular formula is C17H18N2O3S. The molecule has 0 aliphatic heterocycles. The van der Waals surface area contributed by atoms with Gasteiger partial charge in [-0.05, 0) is 37.6 Å². The number of hydrogen-bond donors (Lipinski definition) is 1. The monoisotopic (exact) mass is 330 g/mol. The topological polar surface area (TPSA) is 72.2 Å². The summed E-state index contributed by atoms with van der Waals surface area (Å²) in [6.45, 7) is 3.97. The molecule has 0 radical (unpaired) electrons. The van der Waals surface area contributed by atoms with Crippen molar-refractivity contribution in [3.63, 3.8) is 0 Å². The van der Waals surface area contributed by atoms with Crippen LogP contribution in [0.25, 0.3) is 11.1 Å². The third-order valence-corrected chi connectivity index (χ3v) is 5.21. The summed E-state index contributed by atoms with van der Waals surface area (Å²) in [4.78, 5) is 4.64. The molecule has 2 aromatic carbocycles. The molecule has 23 heavy (non-hydrogen) atoms. The lowest BCUT2D eigenvalue weighted by Gasteiger charge is -2.09. The molecule has 0 aliphatic rings. The SMILES string of the molecule is Cc1ccc(S(=O)(=O)NCCc2nc3ccccc3o2)c(C)c1. The fourth-order valence-electron chi connectivity index (χ4n) is 2.50. The highest BCUT2D eigenvalue weighted by molar-refractivity contribution is 7.89. The van der Waals surface area contributed by atoms with Gasteiger partial charge in [-0.3, -0.25) is 0 Å². The fraction of sp³-hybridized carbons (Fsp3) is 0.235. The molecule has 0 saturated heterocycles. The van der Waals surface area contributed by atoms with Crippen molar-refractivity contribution in [1.29, 1.82) is 0 Å². The first-order chi connectivity index (χ1) is 11.0. The van der Waals surface area contributed by atoms with Crippen LogP contribution in [0.4, 0.5) is 0 Å². The first-order valence-corrected chi connectivity index (χ1v) is 8.85. The molecule has 3 rings (SSSR count). The van der Waals surface area contributed by atoms with Crippen LogP contribution in [0.2, 0.25) is 0 Å². The van der Waals surface area contributed by atoms with Crippen molar-refractivity contribution in [1.82, 2.24) is 9.71 Å². The van der Waals surface area contributed by atoms with Crippen LogP contribution in [-0.2, 0) is 16.4 Å². The highest BCUT2D eigenvalue weighted by Crippen LogP contribution is 2.17. The van der Waals surface area contributed by atoms with E-state index in [1.165, 1.54) is 0 Å². The predicted octanol–water partition coefficient (Wildman–Crippen LogP) is 2.97. The minimum Gasteiger partial charge on any atom is -0.441 e. The van der Waals surface area contributed by atoms with Gasteiger partial charge < -0.3 is 4.42 Å². The maximum atomic E-state index is 12.4. The van der Waals surface area contributed by atoms with Crippen LogP contribution >= 0.6 is 0 Å². The van der Waals surface area contributed by atoms with E-state index in [1.807, 2.05) is 37.3 Å². The first-order valence-electron chi connectivity index (χ1n) is 7.37. The molecule has 3 aromatic rings. The number of rotatable bonds is 5. The maximum Gasteiger partial charge on any atom is 0.240 e. The van der Waals surface area contributed by atoms with E-state index in [2.05, 4.69) is 9.71 Å². The third-order valence-electron chi connectivity index (χ3n) is 3.59. The number of nitrogens with one attached hydrogen (secondary N) is 1. The molecule has 0 bridgehead atoms. The zero-order chi connectivity index (χ0) is 16.4. The number of sulfonamides is 1. The van der Waals surface area contributed by atoms with Crippen molar-refractivity contribution in [2.75, 3.05) is 6.54 Å². The maximum absolute atomic E-state index is 12.4. The number of nitrogens with zero attached hydrogens (tertiary/aromatic N) is 1. The summed E-state index contributed by atoms with van der Waals surface area (Å²) >= 11 is 0. The summed E-state index contributed by atoms with van der Waals surface area (Å²) in [7, 11) is -3.53. The van der Waals surface area contributed by atoms with Gasteiger partial charge in [0.05, 0.1) is 4.90 Å². The number of aromatic nitrogens is 1. The van der Waals surface area contributed by atoms with Crippen molar-refractivity contribution >= 4 is 21.1 Å². The van der Waals surface area contributed by atoms with Crippen molar-refractivity contribution in [3.8, 4) is 0 Å². The minimum atomic E-state index is -3.53. The van der Waals surface area contributed by atoms with Gasteiger partial charge in [-0.25, -0.2) is 18.1 Å². The lowest BCUT2D eigenvalue weighted by atomic mass is 10.2. The van der Waals surface area contributed by atoms with Crippen LogP contribution in [0.15, 0.2) is 51.8 Å². The number of fused-ring (bicyclic) bond motifs is 1. The van der Waals surface area contributed by atoms with Crippen molar-refractivity contribution in [2.24, 2.45) is 0 Å². The number of benzene rings is 2. The van der Waals surface area contributed by atoms with Crippen LogP contribution in [0.3, 0.4) is 0 Å². The van der Waals surface area contributed by atoms with Gasteiger partial charge in [0.25, 0.3) is 0 Å². The molecule has 1 N–H and O–H groups in total. The average molecular weight is 330 g/mol. The van der Waals surface area contributed by atoms with Gasteiger partial charge in [0.15, 0.2) is 11.5 Å². The molecule has 1 heterocycles. The van der Waals surface area contributed by atoms with Gasteiger partial charge >= 0.3 is 0 Å². The molecule has 120 valence electrons. The second-order valence-corrected chi connectivity index (χ2v) is 7.23. The zero-order valence-electron chi connectivity index (χ0n) is 13.0. The van der Waals surface area contributed by atoms with E-state index in [9.17, 15) is 8.42 Å². The highest BCUT2D eigenvalue weighted by Gasteiger charge is 2.16. The van der Waals surface area contributed by atoms with Gasteiger partial charge in [-0.15, -0.1) is 0 Å². The summed E-state index contributed by atoms with van der Waals surface area (Å²) in [5.41, 5.74) is 3.26. The van der Waals surface area contributed by atoms with Gasteiger partial charge in [-0.1, -0.05) is 29.8 Å².